The second-order valence-corrected chi connectivity index (χ2v) is 7.71. The summed E-state index contributed by atoms with van der Waals surface area (Å²) in [6, 6.07) is -0.496. The summed E-state index contributed by atoms with van der Waals surface area (Å²) in [6.07, 6.45) is 3.25. The quantitative estimate of drug-likeness (QED) is 0.503. The van der Waals surface area contributed by atoms with Crippen molar-refractivity contribution in [1.29, 1.82) is 0 Å². The molecule has 2 atom stereocenters. The van der Waals surface area contributed by atoms with Crippen LogP contribution in [0.1, 0.15) is 67.7 Å². The van der Waals surface area contributed by atoms with E-state index < -0.39 is 0 Å². The Morgan fingerprint density at radius 1 is 0.826 bits per heavy atom. The van der Waals surface area contributed by atoms with Gasteiger partial charge in [-0.05, 0) is 73.4 Å². The number of nitrogens with zero attached hydrogens (tertiary/aromatic N) is 2. The summed E-state index contributed by atoms with van der Waals surface area (Å²) in [5, 5.41) is 13.1. The van der Waals surface area contributed by atoms with E-state index >= 15 is 0 Å². The van der Waals surface area contributed by atoms with E-state index in [9.17, 15) is 9.81 Å². The third-order valence-electron chi connectivity index (χ3n) is 5.25. The van der Waals surface area contributed by atoms with Gasteiger partial charge in [-0.1, -0.05) is 23.7 Å². The Labute approximate surface area is 141 Å². The second-order valence-electron chi connectivity index (χ2n) is 7.71. The van der Waals surface area contributed by atoms with E-state index in [0.29, 0.717) is 5.92 Å². The van der Waals surface area contributed by atoms with Crippen LogP contribution in [0.3, 0.4) is 0 Å². The third-order valence-corrected chi connectivity index (χ3v) is 5.25. The minimum absolute atomic E-state index is 0.248. The molecule has 6 heteroatoms. The van der Waals surface area contributed by atoms with Gasteiger partial charge >= 0.3 is 0 Å². The maximum absolute atomic E-state index is 10.7. The molecule has 0 aromatic heterocycles. The SMILES string of the molecule is CCC(CCNC(C)(C)C(C)N=O)CCNC(C)(C)C(C)N=O. The molecule has 2 N–H and O–H groups in total. The Balaban J connectivity index is 4.18. The fourth-order valence-corrected chi connectivity index (χ4v) is 2.31. The maximum Gasteiger partial charge on any atom is 0.107 e. The fourth-order valence-electron chi connectivity index (χ4n) is 2.31. The number of hydrogen-bond donors (Lipinski definition) is 2. The van der Waals surface area contributed by atoms with Crippen LogP contribution in [0, 0.1) is 15.7 Å². The maximum atomic E-state index is 10.7. The highest BCUT2D eigenvalue weighted by Gasteiger charge is 2.27. The molecule has 2 unspecified atom stereocenters. The lowest BCUT2D eigenvalue weighted by molar-refractivity contribution is 0.293. The summed E-state index contributed by atoms with van der Waals surface area (Å²) < 4.78 is 0. The molecule has 0 aliphatic carbocycles. The van der Waals surface area contributed by atoms with Crippen LogP contribution >= 0.6 is 0 Å². The summed E-state index contributed by atoms with van der Waals surface area (Å²) in [5.74, 6) is 0.612. The van der Waals surface area contributed by atoms with Crippen LogP contribution in [-0.2, 0) is 0 Å². The van der Waals surface area contributed by atoms with Crippen molar-refractivity contribution in [3.05, 3.63) is 9.81 Å². The average molecular weight is 329 g/mol. The minimum atomic E-state index is -0.272. The van der Waals surface area contributed by atoms with Crippen LogP contribution < -0.4 is 10.6 Å². The molecule has 6 nitrogen and oxygen atoms in total. The lowest BCUT2D eigenvalue weighted by Crippen LogP contribution is -2.48. The molecule has 0 radical (unpaired) electrons. The van der Waals surface area contributed by atoms with Crippen molar-refractivity contribution in [2.45, 2.75) is 90.9 Å². The monoisotopic (exact) mass is 328 g/mol. The Kier molecular flexibility index (Phi) is 9.70. The van der Waals surface area contributed by atoms with Crippen molar-refractivity contribution >= 4 is 0 Å². The van der Waals surface area contributed by atoms with Crippen molar-refractivity contribution in [2.24, 2.45) is 16.3 Å². The molecule has 0 aliphatic rings. The van der Waals surface area contributed by atoms with Crippen LogP contribution in [0.5, 0.6) is 0 Å². The molecule has 0 aromatic carbocycles. The lowest BCUT2D eigenvalue weighted by Gasteiger charge is -2.30. The van der Waals surface area contributed by atoms with E-state index in [1.54, 1.807) is 0 Å². The van der Waals surface area contributed by atoms with Crippen molar-refractivity contribution in [3.8, 4) is 0 Å². The predicted molar refractivity (Wildman–Crippen MR) is 97.7 cm³/mol. The van der Waals surface area contributed by atoms with Crippen molar-refractivity contribution in [3.63, 3.8) is 0 Å². The Morgan fingerprint density at radius 2 is 1.17 bits per heavy atom. The smallest absolute Gasteiger partial charge is 0.107 e. The third kappa shape index (κ3) is 7.97. The van der Waals surface area contributed by atoms with Gasteiger partial charge in [0.1, 0.15) is 12.1 Å². The summed E-state index contributed by atoms with van der Waals surface area (Å²) in [4.78, 5) is 21.4. The molecule has 0 heterocycles. The second kappa shape index (κ2) is 10.1. The molecule has 0 fully saturated rings. The zero-order valence-electron chi connectivity index (χ0n) is 16.0. The van der Waals surface area contributed by atoms with E-state index in [4.69, 9.17) is 0 Å². The van der Waals surface area contributed by atoms with E-state index in [2.05, 4.69) is 27.9 Å². The minimum Gasteiger partial charge on any atom is -0.310 e. The van der Waals surface area contributed by atoms with Gasteiger partial charge in [0.2, 0.25) is 0 Å². The number of nitrogens with one attached hydrogen (secondary N) is 2. The summed E-state index contributed by atoms with van der Waals surface area (Å²) in [5.41, 5.74) is -0.545. The number of rotatable bonds is 13. The molecule has 0 saturated carbocycles. The van der Waals surface area contributed by atoms with Crippen LogP contribution in [0.15, 0.2) is 10.4 Å². The Morgan fingerprint density at radius 3 is 1.43 bits per heavy atom. The van der Waals surface area contributed by atoms with Crippen LogP contribution in [0.25, 0.3) is 0 Å². The first kappa shape index (κ1) is 22.1. The van der Waals surface area contributed by atoms with Crippen molar-refractivity contribution in [1.82, 2.24) is 10.6 Å². The van der Waals surface area contributed by atoms with Crippen LogP contribution in [0.2, 0.25) is 0 Å². The summed E-state index contributed by atoms with van der Waals surface area (Å²) >= 11 is 0. The lowest BCUT2D eigenvalue weighted by atomic mass is 9.93. The Hall–Kier alpha value is -0.880. The molecule has 0 aliphatic heterocycles. The number of nitroso groups, excluding NO2 is 2. The average Bonchev–Trinajstić information content (AvgIpc) is 2.51. The van der Waals surface area contributed by atoms with Gasteiger partial charge in [-0.25, -0.2) is 0 Å². The normalized spacial score (nSPS) is 16.7. The summed E-state index contributed by atoms with van der Waals surface area (Å²) in [7, 11) is 0. The Bertz CT molecular complexity index is 327. The van der Waals surface area contributed by atoms with Gasteiger partial charge in [0.05, 0.1) is 0 Å². The topological polar surface area (TPSA) is 82.9 Å². The summed E-state index contributed by atoms with van der Waals surface area (Å²) in [6.45, 7) is 15.7. The highest BCUT2D eigenvalue weighted by Crippen LogP contribution is 2.17. The van der Waals surface area contributed by atoms with Crippen molar-refractivity contribution < 1.29 is 0 Å². The van der Waals surface area contributed by atoms with E-state index in [1.807, 2.05) is 41.5 Å². The van der Waals surface area contributed by atoms with Gasteiger partial charge in [-0.2, -0.15) is 9.81 Å². The highest BCUT2D eigenvalue weighted by molar-refractivity contribution is 4.89. The zero-order valence-corrected chi connectivity index (χ0v) is 16.0. The fraction of sp³-hybridized carbons (Fsp3) is 1.00. The van der Waals surface area contributed by atoms with Crippen LogP contribution in [0.4, 0.5) is 0 Å². The predicted octanol–water partition coefficient (Wildman–Crippen LogP) is 3.84. The van der Waals surface area contributed by atoms with Gasteiger partial charge in [-0.15, -0.1) is 0 Å². The molecule has 23 heavy (non-hydrogen) atoms. The van der Waals surface area contributed by atoms with Gasteiger partial charge in [0.25, 0.3) is 0 Å². The molecule has 0 spiro atoms. The first-order valence-electron chi connectivity index (χ1n) is 8.75. The van der Waals surface area contributed by atoms with Gasteiger partial charge < -0.3 is 10.6 Å². The first-order valence-corrected chi connectivity index (χ1v) is 8.75. The molecule has 0 aromatic rings. The van der Waals surface area contributed by atoms with Crippen LogP contribution in [-0.4, -0.2) is 36.3 Å². The molecule has 0 saturated heterocycles. The molecule has 136 valence electrons. The molecule has 0 rings (SSSR count). The molecule has 0 amide bonds. The van der Waals surface area contributed by atoms with E-state index in [-0.39, 0.29) is 23.2 Å². The highest BCUT2D eigenvalue weighted by atomic mass is 16.3. The molecule has 0 bridgehead atoms. The van der Waals surface area contributed by atoms with E-state index in [0.717, 1.165) is 32.4 Å². The first-order chi connectivity index (χ1) is 10.6. The molecular formula is C17H36N4O2. The molecular weight excluding hydrogens is 292 g/mol. The van der Waals surface area contributed by atoms with Gasteiger partial charge in [0.15, 0.2) is 0 Å². The van der Waals surface area contributed by atoms with E-state index in [1.165, 1.54) is 0 Å². The standard InChI is InChI=1S/C17H36N4O2/c1-8-15(9-11-18-16(4,5)13(2)20-22)10-12-19-17(6,7)14(3)21-23/h13-15,18-19H,8-12H2,1-7H3. The number of hydrogen-bond acceptors (Lipinski definition) is 6. The van der Waals surface area contributed by atoms with Gasteiger partial charge in [0, 0.05) is 11.1 Å². The van der Waals surface area contributed by atoms with Gasteiger partial charge in [-0.3, -0.25) is 0 Å². The zero-order chi connectivity index (χ0) is 18.1. The largest absolute Gasteiger partial charge is 0.310 e. The van der Waals surface area contributed by atoms with Crippen molar-refractivity contribution in [2.75, 3.05) is 13.1 Å².